The monoisotopic (exact) mass is 355 g/mol. The van der Waals surface area contributed by atoms with E-state index in [0.717, 1.165) is 35.4 Å². The number of benzene rings is 2. The Morgan fingerprint density at radius 1 is 1.24 bits per heavy atom. The first-order valence-electron chi connectivity index (χ1n) is 8.31. The molecule has 0 saturated heterocycles. The van der Waals surface area contributed by atoms with Crippen LogP contribution < -0.4 is 9.64 Å². The Balaban J connectivity index is 1.76. The second-order valence-corrected chi connectivity index (χ2v) is 6.47. The SMILES string of the molecule is CCC(O)Oc1ccc2c(N3CCc4ccc(Cl)cc43)ncnc2c1. The van der Waals surface area contributed by atoms with Crippen molar-refractivity contribution in [3.05, 3.63) is 53.3 Å². The molecule has 0 saturated carbocycles. The van der Waals surface area contributed by atoms with Crippen LogP contribution in [0.25, 0.3) is 10.9 Å². The van der Waals surface area contributed by atoms with E-state index in [9.17, 15) is 5.11 Å². The fourth-order valence-corrected chi connectivity index (χ4v) is 3.29. The van der Waals surface area contributed by atoms with Crippen LogP contribution in [0.4, 0.5) is 11.5 Å². The van der Waals surface area contributed by atoms with Crippen molar-refractivity contribution in [1.82, 2.24) is 9.97 Å². The van der Waals surface area contributed by atoms with Crippen LogP contribution >= 0.6 is 11.6 Å². The van der Waals surface area contributed by atoms with Crippen molar-refractivity contribution in [2.45, 2.75) is 26.1 Å². The summed E-state index contributed by atoms with van der Waals surface area (Å²) in [5.74, 6) is 1.45. The molecule has 0 aliphatic carbocycles. The van der Waals surface area contributed by atoms with Crippen molar-refractivity contribution >= 4 is 34.0 Å². The molecule has 1 aliphatic heterocycles. The van der Waals surface area contributed by atoms with Crippen molar-refractivity contribution in [2.24, 2.45) is 0 Å². The number of aliphatic hydroxyl groups excluding tert-OH is 1. The number of halogens is 1. The van der Waals surface area contributed by atoms with Crippen molar-refractivity contribution < 1.29 is 9.84 Å². The minimum Gasteiger partial charge on any atom is -0.465 e. The van der Waals surface area contributed by atoms with E-state index in [1.165, 1.54) is 5.56 Å². The summed E-state index contributed by atoms with van der Waals surface area (Å²) < 4.78 is 5.47. The maximum absolute atomic E-state index is 9.67. The Kier molecular flexibility index (Phi) is 4.19. The van der Waals surface area contributed by atoms with Crippen molar-refractivity contribution in [2.75, 3.05) is 11.4 Å². The predicted octanol–water partition coefficient (Wildman–Crippen LogP) is 4.08. The number of hydrogen-bond acceptors (Lipinski definition) is 5. The maximum Gasteiger partial charge on any atom is 0.197 e. The molecule has 0 radical (unpaired) electrons. The van der Waals surface area contributed by atoms with Crippen LogP contribution in [0.2, 0.25) is 5.02 Å². The largest absolute Gasteiger partial charge is 0.465 e. The summed E-state index contributed by atoms with van der Waals surface area (Å²) in [4.78, 5) is 11.0. The lowest BCUT2D eigenvalue weighted by atomic mass is 10.1. The van der Waals surface area contributed by atoms with Crippen LogP contribution in [0.15, 0.2) is 42.7 Å². The zero-order valence-electron chi connectivity index (χ0n) is 13.8. The van der Waals surface area contributed by atoms with Crippen molar-refractivity contribution in [3.8, 4) is 5.75 Å². The van der Waals surface area contributed by atoms with E-state index in [0.29, 0.717) is 17.2 Å². The van der Waals surface area contributed by atoms with Gasteiger partial charge in [-0.2, -0.15) is 0 Å². The number of hydrogen-bond donors (Lipinski definition) is 1. The Hall–Kier alpha value is -2.37. The predicted molar refractivity (Wildman–Crippen MR) is 98.6 cm³/mol. The molecule has 2 aromatic carbocycles. The van der Waals surface area contributed by atoms with E-state index in [4.69, 9.17) is 16.3 Å². The van der Waals surface area contributed by atoms with E-state index < -0.39 is 6.29 Å². The third-order valence-corrected chi connectivity index (χ3v) is 4.64. The zero-order chi connectivity index (χ0) is 17.4. The summed E-state index contributed by atoms with van der Waals surface area (Å²) in [5, 5.41) is 11.3. The molecule has 0 amide bonds. The number of anilines is 2. The molecule has 0 spiro atoms. The Morgan fingerprint density at radius 3 is 2.96 bits per heavy atom. The van der Waals surface area contributed by atoms with E-state index in [1.807, 2.05) is 37.3 Å². The first-order valence-corrected chi connectivity index (χ1v) is 8.69. The molecular formula is C19H18ClN3O2. The summed E-state index contributed by atoms with van der Waals surface area (Å²) in [7, 11) is 0. The molecule has 2 heterocycles. The van der Waals surface area contributed by atoms with Crippen molar-refractivity contribution in [1.29, 1.82) is 0 Å². The number of rotatable bonds is 4. The molecule has 1 aliphatic rings. The van der Waals surface area contributed by atoms with Gasteiger partial charge in [0.2, 0.25) is 0 Å². The molecule has 128 valence electrons. The van der Waals surface area contributed by atoms with Crippen LogP contribution in [-0.4, -0.2) is 27.9 Å². The molecule has 0 bridgehead atoms. The van der Waals surface area contributed by atoms with Gasteiger partial charge in [-0.05, 0) is 36.2 Å². The van der Waals surface area contributed by atoms with Gasteiger partial charge in [-0.15, -0.1) is 0 Å². The van der Waals surface area contributed by atoms with Crippen molar-refractivity contribution in [3.63, 3.8) is 0 Å². The van der Waals surface area contributed by atoms with Gasteiger partial charge in [-0.25, -0.2) is 9.97 Å². The van der Waals surface area contributed by atoms with Gasteiger partial charge in [0.25, 0.3) is 0 Å². The van der Waals surface area contributed by atoms with Gasteiger partial charge in [0.1, 0.15) is 17.9 Å². The summed E-state index contributed by atoms with van der Waals surface area (Å²) in [5.41, 5.74) is 3.14. The Morgan fingerprint density at radius 2 is 2.12 bits per heavy atom. The fourth-order valence-electron chi connectivity index (χ4n) is 3.12. The molecule has 1 atom stereocenters. The number of aromatic nitrogens is 2. The molecule has 0 fully saturated rings. The molecule has 1 aromatic heterocycles. The second-order valence-electron chi connectivity index (χ2n) is 6.03. The first-order chi connectivity index (χ1) is 12.2. The zero-order valence-corrected chi connectivity index (χ0v) is 14.6. The molecular weight excluding hydrogens is 338 g/mol. The molecule has 5 nitrogen and oxygen atoms in total. The van der Waals surface area contributed by atoms with Gasteiger partial charge in [0.05, 0.1) is 5.52 Å². The van der Waals surface area contributed by atoms with Gasteiger partial charge in [-0.1, -0.05) is 24.6 Å². The van der Waals surface area contributed by atoms with Crippen LogP contribution in [0.1, 0.15) is 18.9 Å². The lowest BCUT2D eigenvalue weighted by Crippen LogP contribution is -2.16. The fraction of sp³-hybridized carbons (Fsp3) is 0.263. The third kappa shape index (κ3) is 3.01. The Bertz CT molecular complexity index is 932. The highest BCUT2D eigenvalue weighted by atomic mass is 35.5. The quantitative estimate of drug-likeness (QED) is 0.714. The van der Waals surface area contributed by atoms with Crippen LogP contribution in [0, 0.1) is 0 Å². The number of ether oxygens (including phenoxy) is 1. The lowest BCUT2D eigenvalue weighted by molar-refractivity contribution is -0.0190. The van der Waals surface area contributed by atoms with Crippen LogP contribution in [-0.2, 0) is 6.42 Å². The summed E-state index contributed by atoms with van der Waals surface area (Å²) in [6, 6.07) is 11.6. The topological polar surface area (TPSA) is 58.5 Å². The number of nitrogens with zero attached hydrogens (tertiary/aromatic N) is 3. The van der Waals surface area contributed by atoms with E-state index >= 15 is 0 Å². The molecule has 4 rings (SSSR count). The standard InChI is InChI=1S/C19H18ClN3O2/c1-2-18(24)25-14-5-6-15-16(10-14)21-11-22-19(15)23-8-7-12-3-4-13(20)9-17(12)23/h3-6,9-11,18,24H,2,7-8H2,1H3. The molecule has 3 aromatic rings. The minimum absolute atomic E-state index is 0.526. The molecule has 1 N–H and O–H groups in total. The summed E-state index contributed by atoms with van der Waals surface area (Å²) >= 11 is 6.18. The normalized spacial score (nSPS) is 14.6. The highest BCUT2D eigenvalue weighted by molar-refractivity contribution is 6.31. The number of aliphatic hydroxyl groups is 1. The average molecular weight is 356 g/mol. The number of fused-ring (bicyclic) bond motifs is 2. The maximum atomic E-state index is 9.67. The Labute approximate surface area is 150 Å². The third-order valence-electron chi connectivity index (χ3n) is 4.41. The molecule has 6 heteroatoms. The second kappa shape index (κ2) is 6.50. The highest BCUT2D eigenvalue weighted by Crippen LogP contribution is 2.38. The summed E-state index contributed by atoms with van der Waals surface area (Å²) in [6.07, 6.45) is 2.23. The van der Waals surface area contributed by atoms with Gasteiger partial charge in [-0.3, -0.25) is 0 Å². The van der Waals surface area contributed by atoms with E-state index in [1.54, 1.807) is 6.33 Å². The lowest BCUT2D eigenvalue weighted by Gasteiger charge is -2.20. The van der Waals surface area contributed by atoms with Gasteiger partial charge in [0.15, 0.2) is 6.29 Å². The first kappa shape index (κ1) is 16.1. The minimum atomic E-state index is -0.814. The molecule has 25 heavy (non-hydrogen) atoms. The van der Waals surface area contributed by atoms with Gasteiger partial charge >= 0.3 is 0 Å². The van der Waals surface area contributed by atoms with Crippen LogP contribution in [0.5, 0.6) is 5.75 Å². The summed E-state index contributed by atoms with van der Waals surface area (Å²) in [6.45, 7) is 2.72. The highest BCUT2D eigenvalue weighted by Gasteiger charge is 2.23. The van der Waals surface area contributed by atoms with E-state index in [2.05, 4.69) is 20.9 Å². The smallest absolute Gasteiger partial charge is 0.197 e. The average Bonchev–Trinajstić information content (AvgIpc) is 3.03. The van der Waals surface area contributed by atoms with Crippen LogP contribution in [0.3, 0.4) is 0 Å². The van der Waals surface area contributed by atoms with Gasteiger partial charge < -0.3 is 14.7 Å². The van der Waals surface area contributed by atoms with E-state index in [-0.39, 0.29) is 0 Å². The van der Waals surface area contributed by atoms with Gasteiger partial charge in [0, 0.05) is 35.1 Å². The molecule has 1 unspecified atom stereocenters.